The van der Waals surface area contributed by atoms with E-state index in [9.17, 15) is 14.9 Å². The van der Waals surface area contributed by atoms with Crippen LogP contribution in [0.15, 0.2) is 65.8 Å². The maximum absolute atomic E-state index is 12.7. The third kappa shape index (κ3) is 6.49. The second-order valence-electron chi connectivity index (χ2n) is 8.29. The van der Waals surface area contributed by atoms with Gasteiger partial charge >= 0.3 is 5.97 Å². The van der Waals surface area contributed by atoms with Gasteiger partial charge in [0.05, 0.1) is 12.2 Å². The van der Waals surface area contributed by atoms with Crippen LogP contribution in [0.25, 0.3) is 5.69 Å². The second-order valence-corrected chi connectivity index (χ2v) is 10.4. The van der Waals surface area contributed by atoms with Gasteiger partial charge in [-0.25, -0.2) is 4.79 Å². The summed E-state index contributed by atoms with van der Waals surface area (Å²) in [4.78, 5) is 25.2. The topological polar surface area (TPSA) is 110 Å². The lowest BCUT2D eigenvalue weighted by molar-refractivity contribution is -0.115. The maximum Gasteiger partial charge on any atom is 0.348 e. The summed E-state index contributed by atoms with van der Waals surface area (Å²) in [6.07, 6.45) is 1.76. The minimum atomic E-state index is -0.495. The summed E-state index contributed by atoms with van der Waals surface area (Å²) < 4.78 is 7.10. The number of benzene rings is 2. The molecule has 2 heterocycles. The molecular formula is C28H27N5O3S2. The Morgan fingerprint density at radius 1 is 1.08 bits per heavy atom. The molecule has 0 bridgehead atoms. The number of carbonyl (C=O) groups excluding carboxylic acids is 2. The highest BCUT2D eigenvalue weighted by atomic mass is 32.2. The summed E-state index contributed by atoms with van der Waals surface area (Å²) in [6, 6.07) is 22.3. The van der Waals surface area contributed by atoms with Gasteiger partial charge in [0.15, 0.2) is 5.16 Å². The summed E-state index contributed by atoms with van der Waals surface area (Å²) in [5.41, 5.74) is 2.99. The number of hydrogen-bond acceptors (Lipinski definition) is 8. The van der Waals surface area contributed by atoms with Crippen molar-refractivity contribution in [2.24, 2.45) is 0 Å². The number of rotatable bonds is 11. The molecule has 0 atom stereocenters. The van der Waals surface area contributed by atoms with Gasteiger partial charge in [-0.3, -0.25) is 9.36 Å². The molecule has 0 unspecified atom stereocenters. The van der Waals surface area contributed by atoms with Crippen LogP contribution in [-0.4, -0.2) is 39.0 Å². The number of carbonyl (C=O) groups is 2. The smallest absolute Gasteiger partial charge is 0.348 e. The van der Waals surface area contributed by atoms with E-state index >= 15 is 0 Å². The van der Waals surface area contributed by atoms with E-state index < -0.39 is 5.97 Å². The van der Waals surface area contributed by atoms with Crippen LogP contribution in [0.1, 0.15) is 45.5 Å². The molecule has 0 aliphatic heterocycles. The average Bonchev–Trinajstić information content (AvgIpc) is 3.48. The molecule has 194 valence electrons. The summed E-state index contributed by atoms with van der Waals surface area (Å²) in [7, 11) is 0. The Balaban J connectivity index is 1.43. The number of amides is 1. The van der Waals surface area contributed by atoms with Gasteiger partial charge in [-0.1, -0.05) is 60.3 Å². The summed E-state index contributed by atoms with van der Waals surface area (Å²) in [5, 5.41) is 22.3. The molecule has 1 N–H and O–H groups in total. The number of nitriles is 1. The summed E-state index contributed by atoms with van der Waals surface area (Å²) in [6.45, 7) is 3.63. The van der Waals surface area contributed by atoms with Gasteiger partial charge in [0.1, 0.15) is 21.8 Å². The highest BCUT2D eigenvalue weighted by Gasteiger charge is 2.22. The fourth-order valence-electron chi connectivity index (χ4n) is 3.84. The molecule has 8 nitrogen and oxygen atoms in total. The van der Waals surface area contributed by atoms with Crippen LogP contribution in [0.2, 0.25) is 0 Å². The molecule has 0 radical (unpaired) electrons. The van der Waals surface area contributed by atoms with E-state index in [2.05, 4.69) is 33.7 Å². The highest BCUT2D eigenvalue weighted by molar-refractivity contribution is 7.99. The number of nitrogens with one attached hydrogen (secondary N) is 1. The highest BCUT2D eigenvalue weighted by Crippen LogP contribution is 2.33. The van der Waals surface area contributed by atoms with Crippen molar-refractivity contribution in [2.75, 3.05) is 17.7 Å². The van der Waals surface area contributed by atoms with Gasteiger partial charge < -0.3 is 10.1 Å². The average molecular weight is 546 g/mol. The molecule has 0 aliphatic rings. The monoisotopic (exact) mass is 545 g/mol. The molecule has 4 aromatic rings. The lowest BCUT2D eigenvalue weighted by Crippen LogP contribution is -2.12. The van der Waals surface area contributed by atoms with Crippen LogP contribution < -0.4 is 5.32 Å². The van der Waals surface area contributed by atoms with Crippen molar-refractivity contribution in [3.8, 4) is 11.8 Å². The predicted octanol–water partition coefficient (Wildman–Crippen LogP) is 5.59. The number of para-hydroxylation sites is 1. The van der Waals surface area contributed by atoms with Crippen molar-refractivity contribution in [3.05, 3.63) is 88.1 Å². The van der Waals surface area contributed by atoms with Crippen LogP contribution in [0.5, 0.6) is 0 Å². The number of anilines is 1. The molecule has 4 rings (SSSR count). The van der Waals surface area contributed by atoms with Gasteiger partial charge in [0.25, 0.3) is 0 Å². The molecule has 1 amide bonds. The Bertz CT molecular complexity index is 1440. The van der Waals surface area contributed by atoms with E-state index in [0.29, 0.717) is 26.4 Å². The Hall–Kier alpha value is -3.94. The first-order valence-corrected chi connectivity index (χ1v) is 14.0. The Morgan fingerprint density at radius 2 is 1.79 bits per heavy atom. The molecule has 0 saturated carbocycles. The quantitative estimate of drug-likeness (QED) is 0.193. The fourth-order valence-corrected chi connectivity index (χ4v) is 5.82. The lowest BCUT2D eigenvalue weighted by Gasteiger charge is -2.10. The van der Waals surface area contributed by atoms with Crippen molar-refractivity contribution in [3.63, 3.8) is 0 Å². The zero-order valence-corrected chi connectivity index (χ0v) is 22.8. The zero-order valence-electron chi connectivity index (χ0n) is 21.1. The third-order valence-electron chi connectivity index (χ3n) is 5.73. The molecule has 10 heteroatoms. The molecule has 2 aromatic heterocycles. The van der Waals surface area contributed by atoms with Gasteiger partial charge in [-0.05, 0) is 43.5 Å². The normalized spacial score (nSPS) is 10.7. The Kier molecular flexibility index (Phi) is 9.30. The van der Waals surface area contributed by atoms with E-state index in [-0.39, 0.29) is 24.5 Å². The van der Waals surface area contributed by atoms with Crippen LogP contribution in [-0.2, 0) is 22.4 Å². The number of nitrogens with zero attached hydrogens (tertiary/aromatic N) is 4. The van der Waals surface area contributed by atoms with E-state index in [1.807, 2.05) is 53.1 Å². The first-order chi connectivity index (χ1) is 18.5. The van der Waals surface area contributed by atoms with Crippen LogP contribution >= 0.6 is 23.1 Å². The number of aromatic nitrogens is 3. The number of aryl methyl sites for hydroxylation is 2. The minimum absolute atomic E-state index is 0.197. The standard InChI is InChI=1S/C28H27N5O3S2/c1-3-36-27(35)25-19(2)22(18-29)26(38-25)30-24(34)16-17-37-28-32-31-23(15-14-20-10-6-4-7-11-20)33(28)21-12-8-5-9-13-21/h4-13H,3,14-17H2,1-2H3,(H,30,34). The summed E-state index contributed by atoms with van der Waals surface area (Å²) in [5.74, 6) is 0.574. The zero-order chi connectivity index (χ0) is 26.9. The van der Waals surface area contributed by atoms with Crippen molar-refractivity contribution in [2.45, 2.75) is 38.3 Å². The number of esters is 1. The van der Waals surface area contributed by atoms with Crippen LogP contribution in [0.3, 0.4) is 0 Å². The SMILES string of the molecule is CCOC(=O)c1sc(NC(=O)CCSc2nnc(CCc3ccccc3)n2-c2ccccc2)c(C#N)c1C. The van der Waals surface area contributed by atoms with Crippen molar-refractivity contribution >= 4 is 40.0 Å². The number of thioether (sulfide) groups is 1. The maximum atomic E-state index is 12.7. The largest absolute Gasteiger partial charge is 0.462 e. The minimum Gasteiger partial charge on any atom is -0.462 e. The molecule has 0 fully saturated rings. The van der Waals surface area contributed by atoms with Crippen molar-refractivity contribution < 1.29 is 14.3 Å². The van der Waals surface area contributed by atoms with Crippen molar-refractivity contribution in [1.29, 1.82) is 5.26 Å². The second kappa shape index (κ2) is 13.0. The van der Waals surface area contributed by atoms with E-state index in [1.54, 1.807) is 13.8 Å². The van der Waals surface area contributed by atoms with E-state index in [4.69, 9.17) is 4.74 Å². The molecule has 2 aromatic carbocycles. The number of thiophene rings is 1. The number of hydrogen-bond donors (Lipinski definition) is 1. The van der Waals surface area contributed by atoms with Gasteiger partial charge in [0, 0.05) is 24.3 Å². The fraction of sp³-hybridized carbons (Fsp3) is 0.250. The third-order valence-corrected chi connectivity index (χ3v) is 7.85. The lowest BCUT2D eigenvalue weighted by atomic mass is 10.1. The van der Waals surface area contributed by atoms with Gasteiger partial charge in [-0.2, -0.15) is 5.26 Å². The Labute approximate surface area is 229 Å². The molecular weight excluding hydrogens is 518 g/mol. The van der Waals surface area contributed by atoms with Crippen molar-refractivity contribution in [1.82, 2.24) is 14.8 Å². The predicted molar refractivity (Wildman–Crippen MR) is 149 cm³/mol. The molecule has 0 spiro atoms. The molecule has 0 saturated heterocycles. The summed E-state index contributed by atoms with van der Waals surface area (Å²) >= 11 is 2.51. The molecule has 0 aliphatic carbocycles. The number of ether oxygens (including phenoxy) is 1. The van der Waals surface area contributed by atoms with E-state index in [1.165, 1.54) is 17.3 Å². The van der Waals surface area contributed by atoms with Crippen LogP contribution in [0, 0.1) is 18.3 Å². The first kappa shape index (κ1) is 27.1. The van der Waals surface area contributed by atoms with Gasteiger partial charge in [-0.15, -0.1) is 21.5 Å². The van der Waals surface area contributed by atoms with Gasteiger partial charge in [0.2, 0.25) is 5.91 Å². The molecule has 38 heavy (non-hydrogen) atoms. The van der Waals surface area contributed by atoms with E-state index in [0.717, 1.165) is 35.7 Å². The first-order valence-electron chi connectivity index (χ1n) is 12.2. The Morgan fingerprint density at radius 3 is 2.47 bits per heavy atom. The van der Waals surface area contributed by atoms with Crippen LogP contribution in [0.4, 0.5) is 5.00 Å².